The van der Waals surface area contributed by atoms with E-state index in [0.717, 1.165) is 11.3 Å². The van der Waals surface area contributed by atoms with Gasteiger partial charge in [0, 0.05) is 17.6 Å². The van der Waals surface area contributed by atoms with Gasteiger partial charge in [0.1, 0.15) is 12.6 Å². The van der Waals surface area contributed by atoms with E-state index in [9.17, 15) is 18.0 Å². The van der Waals surface area contributed by atoms with Crippen LogP contribution in [0.5, 0.6) is 0 Å². The van der Waals surface area contributed by atoms with Crippen LogP contribution >= 0.6 is 22.9 Å². The fourth-order valence-electron chi connectivity index (χ4n) is 1.46. The third-order valence-corrected chi connectivity index (χ3v) is 3.36. The molecular weight excluding hydrogens is 307 g/mol. The highest BCUT2D eigenvalue weighted by Crippen LogP contribution is 2.24. The molecular formula is C9H7ClF3N3O2S. The van der Waals surface area contributed by atoms with E-state index in [1.807, 2.05) is 0 Å². The monoisotopic (exact) mass is 313 g/mol. The normalized spacial score (nSPS) is 17.3. The number of hydrogen-bond acceptors (Lipinski definition) is 5. The molecule has 1 aliphatic heterocycles. The minimum atomic E-state index is -4.57. The minimum Gasteiger partial charge on any atom is -0.442 e. The standard InChI is InChI=1S/C9H7ClF3N3O2S/c10-7-15-2-4(19-7)1-14-6(9(11,12)13)5-3-18-8(17)16-5/h2,6,14H,1,3H2. The molecule has 0 aromatic carbocycles. The summed E-state index contributed by atoms with van der Waals surface area (Å²) < 4.78 is 43.2. The van der Waals surface area contributed by atoms with Crippen molar-refractivity contribution in [3.63, 3.8) is 0 Å². The number of carbonyl (C=O) groups excluding carboxylic acids is 1. The minimum absolute atomic E-state index is 0.0816. The van der Waals surface area contributed by atoms with E-state index in [4.69, 9.17) is 11.6 Å². The lowest BCUT2D eigenvalue weighted by Crippen LogP contribution is -2.48. The highest BCUT2D eigenvalue weighted by molar-refractivity contribution is 7.15. The van der Waals surface area contributed by atoms with Crippen LogP contribution in [0.15, 0.2) is 11.2 Å². The number of alkyl halides is 3. The number of nitrogens with zero attached hydrogens (tertiary/aromatic N) is 2. The fourth-order valence-corrected chi connectivity index (χ4v) is 2.38. The maximum atomic E-state index is 12.9. The molecule has 0 bridgehead atoms. The topological polar surface area (TPSA) is 63.6 Å². The molecule has 1 aromatic heterocycles. The van der Waals surface area contributed by atoms with E-state index >= 15 is 0 Å². The van der Waals surface area contributed by atoms with Crippen LogP contribution in [0.3, 0.4) is 0 Å². The van der Waals surface area contributed by atoms with Crippen molar-refractivity contribution in [2.24, 2.45) is 4.99 Å². The maximum absolute atomic E-state index is 12.9. The van der Waals surface area contributed by atoms with Crippen LogP contribution in [-0.4, -0.2) is 35.6 Å². The molecule has 0 radical (unpaired) electrons. The Balaban J connectivity index is 2.07. The number of hydrogen-bond donors (Lipinski definition) is 1. The molecule has 1 N–H and O–H groups in total. The van der Waals surface area contributed by atoms with Crippen LogP contribution in [0.4, 0.5) is 18.0 Å². The number of aliphatic imine (C=N–C) groups is 1. The Hall–Kier alpha value is -1.19. The van der Waals surface area contributed by atoms with E-state index < -0.39 is 24.9 Å². The van der Waals surface area contributed by atoms with Gasteiger partial charge in [-0.1, -0.05) is 11.6 Å². The molecule has 0 fully saturated rings. The predicted octanol–water partition coefficient (Wildman–Crippen LogP) is 2.41. The van der Waals surface area contributed by atoms with E-state index in [1.54, 1.807) is 0 Å². The number of thiazole rings is 1. The molecule has 0 saturated carbocycles. The average molecular weight is 314 g/mol. The summed E-state index contributed by atoms with van der Waals surface area (Å²) in [5.41, 5.74) is -0.381. The first-order chi connectivity index (χ1) is 8.86. The Bertz CT molecular complexity index is 517. The van der Waals surface area contributed by atoms with Gasteiger partial charge in [0.15, 0.2) is 4.47 Å². The summed E-state index contributed by atoms with van der Waals surface area (Å²) in [6.45, 7) is -0.540. The molecule has 10 heteroatoms. The second-order valence-electron chi connectivity index (χ2n) is 3.59. The van der Waals surface area contributed by atoms with Gasteiger partial charge >= 0.3 is 12.3 Å². The second-order valence-corrected chi connectivity index (χ2v) is 5.29. The van der Waals surface area contributed by atoms with Crippen molar-refractivity contribution >= 4 is 34.7 Å². The zero-order valence-corrected chi connectivity index (χ0v) is 10.8. The molecule has 2 heterocycles. The zero-order valence-electron chi connectivity index (χ0n) is 9.20. The van der Waals surface area contributed by atoms with Crippen molar-refractivity contribution in [3.8, 4) is 0 Å². The van der Waals surface area contributed by atoms with Crippen molar-refractivity contribution in [1.82, 2.24) is 10.3 Å². The molecule has 1 aromatic rings. The first-order valence-electron chi connectivity index (χ1n) is 5.01. The summed E-state index contributed by atoms with van der Waals surface area (Å²) in [7, 11) is 0. The van der Waals surface area contributed by atoms with Gasteiger partial charge in [-0.15, -0.1) is 11.3 Å². The van der Waals surface area contributed by atoms with Gasteiger partial charge in [-0.05, 0) is 0 Å². The summed E-state index contributed by atoms with van der Waals surface area (Å²) in [6, 6.07) is -2.03. The number of amides is 1. The highest BCUT2D eigenvalue weighted by atomic mass is 35.5. The summed E-state index contributed by atoms with van der Waals surface area (Å²) in [5, 5.41) is 2.28. The van der Waals surface area contributed by atoms with Gasteiger partial charge in [0.05, 0.1) is 5.71 Å². The lowest BCUT2D eigenvalue weighted by Gasteiger charge is -2.20. The van der Waals surface area contributed by atoms with Crippen LogP contribution in [0.1, 0.15) is 4.88 Å². The van der Waals surface area contributed by atoms with Crippen LogP contribution in [0.2, 0.25) is 4.47 Å². The Morgan fingerprint density at radius 1 is 1.58 bits per heavy atom. The molecule has 2 rings (SSSR count). The number of cyclic esters (lactones) is 1. The van der Waals surface area contributed by atoms with Crippen LogP contribution < -0.4 is 5.32 Å². The van der Waals surface area contributed by atoms with Crippen LogP contribution in [0.25, 0.3) is 0 Å². The third kappa shape index (κ3) is 3.64. The van der Waals surface area contributed by atoms with Gasteiger partial charge in [0.25, 0.3) is 0 Å². The van der Waals surface area contributed by atoms with E-state index in [2.05, 4.69) is 20.0 Å². The number of ether oxygens (including phenoxy) is 1. The number of rotatable bonds is 4. The Morgan fingerprint density at radius 2 is 2.32 bits per heavy atom. The van der Waals surface area contributed by atoms with Crippen molar-refractivity contribution in [2.45, 2.75) is 18.8 Å². The smallest absolute Gasteiger partial charge is 0.434 e. The number of aromatic nitrogens is 1. The molecule has 1 unspecified atom stereocenters. The van der Waals surface area contributed by atoms with Crippen molar-refractivity contribution in [2.75, 3.05) is 6.61 Å². The Morgan fingerprint density at radius 3 is 2.79 bits per heavy atom. The van der Waals surface area contributed by atoms with E-state index in [1.165, 1.54) is 6.20 Å². The molecule has 1 amide bonds. The van der Waals surface area contributed by atoms with Crippen LogP contribution in [-0.2, 0) is 11.3 Å². The summed E-state index contributed by atoms with van der Waals surface area (Å²) in [5.74, 6) is 0. The van der Waals surface area contributed by atoms with E-state index in [0.29, 0.717) is 4.88 Å². The summed E-state index contributed by atoms with van der Waals surface area (Å²) in [6.07, 6.45) is -4.20. The summed E-state index contributed by atoms with van der Waals surface area (Å²) in [4.78, 5) is 18.2. The summed E-state index contributed by atoms with van der Waals surface area (Å²) >= 11 is 6.65. The Labute approximate surface area is 114 Å². The lowest BCUT2D eigenvalue weighted by molar-refractivity contribution is -0.140. The number of nitrogens with one attached hydrogen (secondary N) is 1. The number of carbonyl (C=O) groups is 1. The van der Waals surface area contributed by atoms with Gasteiger partial charge in [-0.2, -0.15) is 18.2 Å². The molecule has 0 saturated heterocycles. The molecule has 1 aliphatic rings. The quantitative estimate of drug-likeness (QED) is 0.927. The molecule has 1 atom stereocenters. The average Bonchev–Trinajstić information content (AvgIpc) is 2.87. The first-order valence-corrected chi connectivity index (χ1v) is 6.20. The first kappa shape index (κ1) is 14.2. The number of halogens is 4. The SMILES string of the molecule is O=C1N=C(C(NCc2cnc(Cl)s2)C(F)(F)F)CO1. The third-order valence-electron chi connectivity index (χ3n) is 2.24. The Kier molecular flexibility index (Phi) is 4.07. The van der Waals surface area contributed by atoms with E-state index in [-0.39, 0.29) is 16.7 Å². The molecule has 5 nitrogen and oxygen atoms in total. The maximum Gasteiger partial charge on any atom is 0.434 e. The molecule has 0 aliphatic carbocycles. The van der Waals surface area contributed by atoms with Crippen molar-refractivity contribution in [1.29, 1.82) is 0 Å². The van der Waals surface area contributed by atoms with Gasteiger partial charge < -0.3 is 4.74 Å². The zero-order chi connectivity index (χ0) is 14.0. The van der Waals surface area contributed by atoms with Crippen molar-refractivity contribution in [3.05, 3.63) is 15.5 Å². The van der Waals surface area contributed by atoms with Crippen LogP contribution in [0, 0.1) is 0 Å². The highest BCUT2D eigenvalue weighted by Gasteiger charge is 2.44. The second kappa shape index (κ2) is 5.43. The van der Waals surface area contributed by atoms with Gasteiger partial charge in [-0.25, -0.2) is 9.78 Å². The fraction of sp³-hybridized carbons (Fsp3) is 0.444. The predicted molar refractivity (Wildman–Crippen MR) is 62.6 cm³/mol. The molecule has 104 valence electrons. The lowest BCUT2D eigenvalue weighted by atomic mass is 10.1. The van der Waals surface area contributed by atoms with Gasteiger partial charge in [0.2, 0.25) is 0 Å². The largest absolute Gasteiger partial charge is 0.442 e. The molecule has 19 heavy (non-hydrogen) atoms. The molecule has 0 spiro atoms. The van der Waals surface area contributed by atoms with Gasteiger partial charge in [-0.3, -0.25) is 5.32 Å². The van der Waals surface area contributed by atoms with Crippen molar-refractivity contribution < 1.29 is 22.7 Å².